The second kappa shape index (κ2) is 8.07. The Balaban J connectivity index is 2.42. The van der Waals surface area contributed by atoms with Gasteiger partial charge in [0.05, 0.1) is 23.9 Å². The van der Waals surface area contributed by atoms with Crippen LogP contribution in [0.3, 0.4) is 0 Å². The third kappa shape index (κ3) is 4.08. The standard InChI is InChI=1S/C19H17N3OS/c1-22(2)17-7-4-14(5-8-17)10-16(12-20)15-6-9-19(23-3)18(11-15)21-13-24/h4-11H,1-3H3. The minimum atomic E-state index is 0.538. The molecule has 0 aromatic heterocycles. The van der Waals surface area contributed by atoms with Gasteiger partial charge >= 0.3 is 0 Å². The average Bonchev–Trinajstić information content (AvgIpc) is 2.60. The molecule has 0 fully saturated rings. The predicted molar refractivity (Wildman–Crippen MR) is 102 cm³/mol. The third-order valence-corrected chi connectivity index (χ3v) is 3.59. The van der Waals surface area contributed by atoms with Gasteiger partial charge in [0.1, 0.15) is 11.4 Å². The van der Waals surface area contributed by atoms with Gasteiger partial charge in [-0.2, -0.15) is 10.3 Å². The molecule has 0 saturated heterocycles. The predicted octanol–water partition coefficient (Wildman–Crippen LogP) is 4.56. The highest BCUT2D eigenvalue weighted by Gasteiger charge is 2.07. The van der Waals surface area contributed by atoms with Crippen molar-refractivity contribution in [2.75, 3.05) is 26.1 Å². The van der Waals surface area contributed by atoms with Crippen LogP contribution in [-0.4, -0.2) is 26.4 Å². The zero-order valence-electron chi connectivity index (χ0n) is 13.8. The number of ether oxygens (including phenoxy) is 1. The van der Waals surface area contributed by atoms with Crippen molar-refractivity contribution in [2.24, 2.45) is 4.99 Å². The fourth-order valence-electron chi connectivity index (χ4n) is 2.21. The van der Waals surface area contributed by atoms with Crippen LogP contribution in [0, 0.1) is 11.3 Å². The summed E-state index contributed by atoms with van der Waals surface area (Å²) in [6.07, 6.45) is 1.84. The lowest BCUT2D eigenvalue weighted by Crippen LogP contribution is -2.07. The second-order valence-corrected chi connectivity index (χ2v) is 5.43. The number of nitrogens with zero attached hydrogens (tertiary/aromatic N) is 3. The first-order valence-corrected chi connectivity index (χ1v) is 7.65. The lowest BCUT2D eigenvalue weighted by Gasteiger charge is -2.12. The number of benzene rings is 2. The molecule has 0 unspecified atom stereocenters. The van der Waals surface area contributed by atoms with Gasteiger partial charge in [0.25, 0.3) is 0 Å². The van der Waals surface area contributed by atoms with Crippen LogP contribution in [0.2, 0.25) is 0 Å². The number of nitriles is 1. The van der Waals surface area contributed by atoms with E-state index >= 15 is 0 Å². The van der Waals surface area contributed by atoms with Crippen LogP contribution in [0.5, 0.6) is 5.75 Å². The molecule has 2 aromatic rings. The molecule has 0 aliphatic rings. The van der Waals surface area contributed by atoms with E-state index in [1.807, 2.05) is 55.4 Å². The summed E-state index contributed by atoms with van der Waals surface area (Å²) in [6, 6.07) is 15.6. The molecule has 2 rings (SSSR count). The van der Waals surface area contributed by atoms with Gasteiger partial charge in [0.15, 0.2) is 0 Å². The van der Waals surface area contributed by atoms with Crippen molar-refractivity contribution in [2.45, 2.75) is 0 Å². The van der Waals surface area contributed by atoms with Crippen LogP contribution in [0.1, 0.15) is 11.1 Å². The van der Waals surface area contributed by atoms with Crippen molar-refractivity contribution in [3.63, 3.8) is 0 Å². The molecule has 4 nitrogen and oxygen atoms in total. The van der Waals surface area contributed by atoms with E-state index in [0.717, 1.165) is 16.8 Å². The Morgan fingerprint density at radius 1 is 1.21 bits per heavy atom. The molecule has 0 spiro atoms. The van der Waals surface area contributed by atoms with Crippen LogP contribution in [0.25, 0.3) is 11.6 Å². The maximum atomic E-state index is 9.51. The van der Waals surface area contributed by atoms with Crippen LogP contribution in [0.4, 0.5) is 11.4 Å². The highest BCUT2D eigenvalue weighted by Crippen LogP contribution is 2.31. The largest absolute Gasteiger partial charge is 0.494 e. The first-order valence-electron chi connectivity index (χ1n) is 7.24. The van der Waals surface area contributed by atoms with E-state index in [4.69, 9.17) is 4.74 Å². The van der Waals surface area contributed by atoms with Crippen molar-refractivity contribution in [3.8, 4) is 11.8 Å². The highest BCUT2D eigenvalue weighted by molar-refractivity contribution is 7.78. The molecular weight excluding hydrogens is 318 g/mol. The summed E-state index contributed by atoms with van der Waals surface area (Å²) in [5.74, 6) is 0.587. The molecule has 0 bridgehead atoms. The zero-order chi connectivity index (χ0) is 17.5. The molecule has 0 aliphatic heterocycles. The van der Waals surface area contributed by atoms with Gasteiger partial charge in [-0.1, -0.05) is 12.1 Å². The Morgan fingerprint density at radius 3 is 2.46 bits per heavy atom. The molecule has 0 heterocycles. The first-order chi connectivity index (χ1) is 11.6. The molecule has 0 radical (unpaired) electrons. The Hall–Kier alpha value is -2.93. The number of hydrogen-bond acceptors (Lipinski definition) is 5. The second-order valence-electron chi connectivity index (χ2n) is 5.25. The number of rotatable bonds is 5. The Bertz CT molecular complexity index is 842. The molecule has 0 saturated carbocycles. The topological polar surface area (TPSA) is 48.6 Å². The molecular formula is C19H17N3OS. The van der Waals surface area contributed by atoms with E-state index < -0.39 is 0 Å². The summed E-state index contributed by atoms with van der Waals surface area (Å²) >= 11 is 4.66. The highest BCUT2D eigenvalue weighted by atomic mass is 32.1. The molecule has 24 heavy (non-hydrogen) atoms. The van der Waals surface area contributed by atoms with Crippen LogP contribution >= 0.6 is 12.2 Å². The van der Waals surface area contributed by atoms with E-state index in [2.05, 4.69) is 28.4 Å². The van der Waals surface area contributed by atoms with E-state index in [1.54, 1.807) is 19.2 Å². The first kappa shape index (κ1) is 17.4. The summed E-state index contributed by atoms with van der Waals surface area (Å²) < 4.78 is 5.23. The lowest BCUT2D eigenvalue weighted by atomic mass is 10.0. The fourth-order valence-corrected chi connectivity index (χ4v) is 2.31. The number of thiocarbonyl (C=S) groups is 1. The van der Waals surface area contributed by atoms with Gasteiger partial charge in [-0.25, -0.2) is 0 Å². The smallest absolute Gasteiger partial charge is 0.145 e. The number of aliphatic imine (C=N–C) groups is 1. The maximum absolute atomic E-state index is 9.51. The van der Waals surface area contributed by atoms with Crippen LogP contribution in [-0.2, 0) is 0 Å². The monoisotopic (exact) mass is 335 g/mol. The molecule has 5 heteroatoms. The quantitative estimate of drug-likeness (QED) is 0.348. The van der Waals surface area contributed by atoms with Gasteiger partial charge in [0.2, 0.25) is 0 Å². The van der Waals surface area contributed by atoms with Crippen molar-refractivity contribution >= 4 is 40.4 Å². The summed E-state index contributed by atoms with van der Waals surface area (Å²) in [5, 5.41) is 11.8. The SMILES string of the molecule is COc1ccc(C(C#N)=Cc2ccc(N(C)C)cc2)cc1N=C=S. The van der Waals surface area contributed by atoms with E-state index in [1.165, 1.54) is 0 Å². The molecule has 0 aliphatic carbocycles. The van der Waals surface area contributed by atoms with Crippen LogP contribution < -0.4 is 9.64 Å². The Kier molecular flexibility index (Phi) is 5.86. The number of allylic oxidation sites excluding steroid dienone is 1. The molecule has 2 aromatic carbocycles. The maximum Gasteiger partial charge on any atom is 0.145 e. The normalized spacial score (nSPS) is 10.5. The summed E-state index contributed by atoms with van der Waals surface area (Å²) in [7, 11) is 5.53. The van der Waals surface area contributed by atoms with E-state index in [0.29, 0.717) is 17.0 Å². The summed E-state index contributed by atoms with van der Waals surface area (Å²) in [6.45, 7) is 0. The van der Waals surface area contributed by atoms with Crippen molar-refractivity contribution in [1.82, 2.24) is 0 Å². The number of methoxy groups -OCH3 is 1. The molecule has 0 atom stereocenters. The summed E-state index contributed by atoms with van der Waals surface area (Å²) in [4.78, 5) is 6.02. The third-order valence-electron chi connectivity index (χ3n) is 3.50. The molecule has 0 N–H and O–H groups in total. The van der Waals surface area contributed by atoms with Gasteiger partial charge in [0, 0.05) is 19.8 Å². The molecule has 0 amide bonds. The number of isothiocyanates is 1. The van der Waals surface area contributed by atoms with Crippen LogP contribution in [0.15, 0.2) is 47.5 Å². The summed E-state index contributed by atoms with van der Waals surface area (Å²) in [5.41, 5.74) is 3.89. The van der Waals surface area contributed by atoms with E-state index in [9.17, 15) is 5.26 Å². The minimum absolute atomic E-state index is 0.538. The molecule has 120 valence electrons. The Morgan fingerprint density at radius 2 is 1.92 bits per heavy atom. The van der Waals surface area contributed by atoms with Crippen molar-refractivity contribution in [1.29, 1.82) is 5.26 Å². The van der Waals surface area contributed by atoms with Crippen molar-refractivity contribution < 1.29 is 4.74 Å². The minimum Gasteiger partial charge on any atom is -0.494 e. The lowest BCUT2D eigenvalue weighted by molar-refractivity contribution is 0.416. The van der Waals surface area contributed by atoms with Gasteiger partial charge in [-0.05, 0) is 59.8 Å². The Labute approximate surface area is 147 Å². The average molecular weight is 335 g/mol. The van der Waals surface area contributed by atoms with E-state index in [-0.39, 0.29) is 0 Å². The number of anilines is 1. The van der Waals surface area contributed by atoms with Gasteiger partial charge in [-0.15, -0.1) is 0 Å². The van der Waals surface area contributed by atoms with Crippen molar-refractivity contribution in [3.05, 3.63) is 53.6 Å². The number of hydrogen-bond donors (Lipinski definition) is 0. The zero-order valence-corrected chi connectivity index (χ0v) is 14.6. The fraction of sp³-hybridized carbons (Fsp3) is 0.158. The van der Waals surface area contributed by atoms with Gasteiger partial charge < -0.3 is 9.64 Å². The van der Waals surface area contributed by atoms with Gasteiger partial charge in [-0.3, -0.25) is 0 Å².